The van der Waals surface area contributed by atoms with E-state index in [4.69, 9.17) is 0 Å². The van der Waals surface area contributed by atoms with Crippen molar-refractivity contribution >= 4 is 11.7 Å². The minimum Gasteiger partial charge on any atom is -0.358 e. The van der Waals surface area contributed by atoms with Gasteiger partial charge in [0, 0.05) is 6.54 Å². The number of aromatic nitrogens is 2. The molecule has 0 saturated heterocycles. The van der Waals surface area contributed by atoms with Crippen molar-refractivity contribution in [2.45, 2.75) is 13.5 Å². The lowest BCUT2D eigenvalue weighted by Gasteiger charge is -2.00. The number of amides is 1. The third kappa shape index (κ3) is 2.91. The van der Waals surface area contributed by atoms with Gasteiger partial charge in [0.05, 0.1) is 16.9 Å². The molecule has 1 N–H and O–H groups in total. The second-order valence-corrected chi connectivity index (χ2v) is 3.15. The summed E-state index contributed by atoms with van der Waals surface area (Å²) >= 11 is 0. The van der Waals surface area contributed by atoms with Gasteiger partial charge >= 0.3 is 5.82 Å². The summed E-state index contributed by atoms with van der Waals surface area (Å²) in [5.74, 6) is -0.519. The summed E-state index contributed by atoms with van der Waals surface area (Å²) in [5, 5.41) is 16.7. The molecule has 0 radical (unpaired) electrons. The molecule has 7 nitrogen and oxygen atoms in total. The number of nitro groups is 1. The molecule has 0 fully saturated rings. The highest BCUT2D eigenvalue weighted by Gasteiger charge is 2.16. The minimum absolute atomic E-state index is 0.0342. The molecule has 0 spiro atoms. The molecular weight excluding hydrogens is 212 g/mol. The molecule has 0 aliphatic heterocycles. The van der Waals surface area contributed by atoms with Crippen LogP contribution in [0.2, 0.25) is 0 Å². The van der Waals surface area contributed by atoms with Crippen LogP contribution in [0.1, 0.15) is 5.69 Å². The van der Waals surface area contributed by atoms with Gasteiger partial charge in [-0.1, -0.05) is 6.08 Å². The van der Waals surface area contributed by atoms with Crippen molar-refractivity contribution in [3.63, 3.8) is 0 Å². The first kappa shape index (κ1) is 11.9. The van der Waals surface area contributed by atoms with Crippen LogP contribution in [0.5, 0.6) is 0 Å². The normalized spacial score (nSPS) is 9.81. The zero-order valence-electron chi connectivity index (χ0n) is 8.84. The van der Waals surface area contributed by atoms with Crippen molar-refractivity contribution < 1.29 is 9.72 Å². The standard InChI is InChI=1S/C9H12N4O3/c1-3-4-10-9(14)6-12-7(2)5-8(11-12)13(15)16/h3,5H,1,4,6H2,2H3,(H,10,14). The third-order valence-corrected chi connectivity index (χ3v) is 1.89. The number of carbonyl (C=O) groups excluding carboxylic acids is 1. The lowest BCUT2D eigenvalue weighted by atomic mass is 10.4. The van der Waals surface area contributed by atoms with Crippen LogP contribution in [0.15, 0.2) is 18.7 Å². The predicted molar refractivity (Wildman–Crippen MR) is 56.8 cm³/mol. The summed E-state index contributed by atoms with van der Waals surface area (Å²) in [4.78, 5) is 21.2. The van der Waals surface area contributed by atoms with Crippen LogP contribution in [-0.4, -0.2) is 27.2 Å². The van der Waals surface area contributed by atoms with Crippen molar-refractivity contribution in [1.29, 1.82) is 0 Å². The van der Waals surface area contributed by atoms with Crippen LogP contribution >= 0.6 is 0 Å². The van der Waals surface area contributed by atoms with Crippen molar-refractivity contribution in [1.82, 2.24) is 15.1 Å². The Bertz CT molecular complexity index is 424. The fraction of sp³-hybridized carbons (Fsp3) is 0.333. The molecule has 0 aromatic carbocycles. The smallest absolute Gasteiger partial charge is 0.358 e. The molecule has 1 heterocycles. The maximum Gasteiger partial charge on any atom is 0.390 e. The molecule has 86 valence electrons. The lowest BCUT2D eigenvalue weighted by molar-refractivity contribution is -0.389. The van der Waals surface area contributed by atoms with Crippen LogP contribution < -0.4 is 5.32 Å². The Morgan fingerprint density at radius 3 is 3.00 bits per heavy atom. The fourth-order valence-corrected chi connectivity index (χ4v) is 1.12. The Balaban J connectivity index is 2.70. The second-order valence-electron chi connectivity index (χ2n) is 3.15. The van der Waals surface area contributed by atoms with Gasteiger partial charge in [-0.05, 0) is 11.8 Å². The Morgan fingerprint density at radius 2 is 2.50 bits per heavy atom. The Morgan fingerprint density at radius 1 is 1.81 bits per heavy atom. The summed E-state index contributed by atoms with van der Waals surface area (Å²) in [6.45, 7) is 5.44. The van der Waals surface area contributed by atoms with E-state index in [1.54, 1.807) is 13.0 Å². The molecule has 0 aliphatic carbocycles. The summed E-state index contributed by atoms with van der Waals surface area (Å²) in [6, 6.07) is 1.32. The van der Waals surface area contributed by atoms with Crippen molar-refractivity contribution in [3.8, 4) is 0 Å². The predicted octanol–water partition coefficient (Wildman–Crippen LogP) is 0.402. The molecule has 0 atom stereocenters. The van der Waals surface area contributed by atoms with E-state index in [0.29, 0.717) is 12.2 Å². The zero-order valence-corrected chi connectivity index (χ0v) is 8.84. The van der Waals surface area contributed by atoms with Gasteiger partial charge in [0.15, 0.2) is 0 Å². The molecule has 1 rings (SSSR count). The van der Waals surface area contributed by atoms with Gasteiger partial charge in [-0.2, -0.15) is 4.68 Å². The van der Waals surface area contributed by atoms with Crippen LogP contribution in [-0.2, 0) is 11.3 Å². The van der Waals surface area contributed by atoms with E-state index in [1.165, 1.54) is 10.7 Å². The number of hydrogen-bond acceptors (Lipinski definition) is 4. The van der Waals surface area contributed by atoms with Gasteiger partial charge in [-0.15, -0.1) is 6.58 Å². The number of nitrogens with one attached hydrogen (secondary N) is 1. The van der Waals surface area contributed by atoms with E-state index in [2.05, 4.69) is 17.0 Å². The van der Waals surface area contributed by atoms with Gasteiger partial charge in [0.1, 0.15) is 6.54 Å². The summed E-state index contributed by atoms with van der Waals surface area (Å²) < 4.78 is 1.29. The van der Waals surface area contributed by atoms with Gasteiger partial charge in [0.2, 0.25) is 5.91 Å². The fourth-order valence-electron chi connectivity index (χ4n) is 1.12. The first-order chi connectivity index (χ1) is 7.54. The van der Waals surface area contributed by atoms with E-state index < -0.39 is 4.92 Å². The summed E-state index contributed by atoms with van der Waals surface area (Å²) in [5.41, 5.74) is 0.570. The van der Waals surface area contributed by atoms with Crippen LogP contribution in [0.3, 0.4) is 0 Å². The molecule has 1 amide bonds. The highest BCUT2D eigenvalue weighted by Crippen LogP contribution is 2.10. The number of aryl methyl sites for hydroxylation is 1. The number of rotatable bonds is 5. The van der Waals surface area contributed by atoms with E-state index in [9.17, 15) is 14.9 Å². The molecule has 1 aromatic rings. The number of hydrogen-bond donors (Lipinski definition) is 1. The van der Waals surface area contributed by atoms with Crippen LogP contribution in [0, 0.1) is 17.0 Å². The molecule has 1 aromatic heterocycles. The highest BCUT2D eigenvalue weighted by atomic mass is 16.6. The molecule has 0 aliphatic rings. The Labute approximate surface area is 91.9 Å². The van der Waals surface area contributed by atoms with Crippen molar-refractivity contribution in [2.24, 2.45) is 0 Å². The molecule has 16 heavy (non-hydrogen) atoms. The summed E-state index contributed by atoms with van der Waals surface area (Å²) in [7, 11) is 0. The maximum atomic E-state index is 11.3. The molecule has 0 unspecified atom stereocenters. The minimum atomic E-state index is -0.592. The molecule has 0 bridgehead atoms. The van der Waals surface area contributed by atoms with E-state index in [1.807, 2.05) is 0 Å². The number of carbonyl (C=O) groups is 1. The van der Waals surface area contributed by atoms with Gasteiger partial charge in [-0.3, -0.25) is 4.79 Å². The highest BCUT2D eigenvalue weighted by molar-refractivity contribution is 5.75. The van der Waals surface area contributed by atoms with Gasteiger partial charge in [-0.25, -0.2) is 0 Å². The van der Waals surface area contributed by atoms with Gasteiger partial charge in [0.25, 0.3) is 0 Å². The third-order valence-electron chi connectivity index (χ3n) is 1.89. The first-order valence-electron chi connectivity index (χ1n) is 4.61. The van der Waals surface area contributed by atoms with E-state index in [-0.39, 0.29) is 18.3 Å². The average molecular weight is 224 g/mol. The topological polar surface area (TPSA) is 90.1 Å². The van der Waals surface area contributed by atoms with Crippen LogP contribution in [0.4, 0.5) is 5.82 Å². The summed E-state index contributed by atoms with van der Waals surface area (Å²) in [6.07, 6.45) is 1.55. The molecular formula is C9H12N4O3. The second kappa shape index (κ2) is 5.06. The lowest BCUT2D eigenvalue weighted by Crippen LogP contribution is -2.28. The quantitative estimate of drug-likeness (QED) is 0.445. The zero-order chi connectivity index (χ0) is 12.1. The molecule has 7 heteroatoms. The first-order valence-corrected chi connectivity index (χ1v) is 4.61. The molecule has 0 saturated carbocycles. The van der Waals surface area contributed by atoms with Crippen LogP contribution in [0.25, 0.3) is 0 Å². The van der Waals surface area contributed by atoms with Gasteiger partial charge < -0.3 is 15.4 Å². The SMILES string of the molecule is C=CCNC(=O)Cn1nc([N+](=O)[O-])cc1C. The number of nitrogens with zero attached hydrogens (tertiary/aromatic N) is 3. The van der Waals surface area contributed by atoms with E-state index in [0.717, 1.165) is 0 Å². The maximum absolute atomic E-state index is 11.3. The largest absolute Gasteiger partial charge is 0.390 e. The van der Waals surface area contributed by atoms with E-state index >= 15 is 0 Å². The monoisotopic (exact) mass is 224 g/mol. The average Bonchev–Trinajstić information content (AvgIpc) is 2.57. The Kier molecular flexibility index (Phi) is 3.76. The van der Waals surface area contributed by atoms with Crippen molar-refractivity contribution in [2.75, 3.05) is 6.54 Å². The van der Waals surface area contributed by atoms with Crippen molar-refractivity contribution in [3.05, 3.63) is 34.5 Å². The Hall–Kier alpha value is -2.18.